The lowest BCUT2D eigenvalue weighted by Crippen LogP contribution is -2.32. The summed E-state index contributed by atoms with van der Waals surface area (Å²) in [4.78, 5) is 41.3. The number of nitrogens with one attached hydrogen (secondary N) is 1. The van der Waals surface area contributed by atoms with E-state index in [9.17, 15) is 18.8 Å². The van der Waals surface area contributed by atoms with E-state index in [0.29, 0.717) is 16.8 Å². The second-order valence-corrected chi connectivity index (χ2v) is 5.85. The van der Waals surface area contributed by atoms with Crippen molar-refractivity contribution in [3.05, 3.63) is 99.7 Å². The molecule has 0 fully saturated rings. The Hall–Kier alpha value is -3.94. The molecule has 0 unspecified atom stereocenters. The van der Waals surface area contributed by atoms with Crippen LogP contribution in [0.4, 0.5) is 10.1 Å². The molecule has 0 radical (unpaired) electrons. The van der Waals surface area contributed by atoms with Gasteiger partial charge < -0.3 is 15.9 Å². The first-order valence-corrected chi connectivity index (χ1v) is 8.24. The maximum atomic E-state index is 13.2. The van der Waals surface area contributed by atoms with Crippen LogP contribution in [0.2, 0.25) is 0 Å². The van der Waals surface area contributed by atoms with Crippen LogP contribution in [0.1, 0.15) is 26.3 Å². The van der Waals surface area contributed by atoms with Gasteiger partial charge in [-0.2, -0.15) is 4.73 Å². The Morgan fingerprint density at radius 3 is 2.50 bits per heavy atom. The number of pyridine rings is 1. The largest absolute Gasteiger partial charge is 0.406 e. The molecule has 28 heavy (non-hydrogen) atoms. The van der Waals surface area contributed by atoms with E-state index in [1.165, 1.54) is 60.8 Å². The topological polar surface area (TPSA) is 103 Å². The molecule has 0 atom stereocenters. The molecule has 3 N–H and O–H groups in total. The van der Waals surface area contributed by atoms with Crippen molar-refractivity contribution < 1.29 is 18.8 Å². The highest BCUT2D eigenvalue weighted by atomic mass is 19.1. The van der Waals surface area contributed by atoms with Crippen molar-refractivity contribution in [3.63, 3.8) is 0 Å². The van der Waals surface area contributed by atoms with Gasteiger partial charge in [-0.15, -0.1) is 0 Å². The molecule has 0 bridgehead atoms. The first-order chi connectivity index (χ1) is 13.4. The highest BCUT2D eigenvalue weighted by molar-refractivity contribution is 6.04. The number of nitrogens with zero attached hydrogens (tertiary/aromatic N) is 1. The van der Waals surface area contributed by atoms with Crippen LogP contribution in [0.5, 0.6) is 0 Å². The van der Waals surface area contributed by atoms with Crippen LogP contribution >= 0.6 is 0 Å². The van der Waals surface area contributed by atoms with Gasteiger partial charge in [-0.3, -0.25) is 14.4 Å². The fraction of sp³-hybridized carbons (Fsp3) is 0.0500. The number of hydrogen-bond acceptors (Lipinski definition) is 4. The molecule has 2 aromatic carbocycles. The van der Waals surface area contributed by atoms with Crippen molar-refractivity contribution >= 4 is 17.5 Å². The molecule has 2 amide bonds. The van der Waals surface area contributed by atoms with Crippen LogP contribution in [-0.2, 0) is 6.61 Å². The Balaban J connectivity index is 1.73. The second-order valence-electron chi connectivity index (χ2n) is 5.85. The number of halogens is 1. The smallest absolute Gasteiger partial charge is 0.295 e. The Labute approximate surface area is 159 Å². The van der Waals surface area contributed by atoms with Gasteiger partial charge in [0.1, 0.15) is 18.0 Å². The van der Waals surface area contributed by atoms with Crippen molar-refractivity contribution in [1.82, 2.24) is 4.73 Å². The van der Waals surface area contributed by atoms with Crippen molar-refractivity contribution in [3.8, 4) is 0 Å². The van der Waals surface area contributed by atoms with Crippen molar-refractivity contribution in [1.29, 1.82) is 0 Å². The van der Waals surface area contributed by atoms with E-state index in [2.05, 4.69) is 5.32 Å². The quantitative estimate of drug-likeness (QED) is 0.681. The fourth-order valence-electron chi connectivity index (χ4n) is 2.44. The van der Waals surface area contributed by atoms with Crippen LogP contribution in [0, 0.1) is 5.82 Å². The van der Waals surface area contributed by atoms with Gasteiger partial charge in [0.2, 0.25) is 5.91 Å². The standard InChI is InChI=1S/C20H16FN3O4/c21-15-4-1-3-13(11-15)12-28-24-10-2-5-17(20(24)27)19(26)23-16-8-6-14(7-9-16)18(22)25/h1-11H,12H2,(H2,22,25)(H,23,26). The monoisotopic (exact) mass is 381 g/mol. The number of nitrogens with two attached hydrogens (primary N) is 1. The van der Waals surface area contributed by atoms with Crippen molar-refractivity contribution in [2.45, 2.75) is 6.61 Å². The summed E-state index contributed by atoms with van der Waals surface area (Å²) in [6, 6.07) is 14.5. The zero-order chi connectivity index (χ0) is 20.1. The third-order valence-electron chi connectivity index (χ3n) is 3.85. The molecule has 0 aliphatic rings. The molecule has 1 heterocycles. The minimum Gasteiger partial charge on any atom is -0.406 e. The summed E-state index contributed by atoms with van der Waals surface area (Å²) in [7, 11) is 0. The van der Waals surface area contributed by atoms with E-state index in [1.807, 2.05) is 0 Å². The average Bonchev–Trinajstić information content (AvgIpc) is 2.67. The number of anilines is 1. The van der Waals surface area contributed by atoms with E-state index in [4.69, 9.17) is 10.6 Å². The molecule has 142 valence electrons. The minimum atomic E-state index is -0.662. The maximum absolute atomic E-state index is 13.2. The molecule has 0 aliphatic heterocycles. The number of carbonyl (C=O) groups is 2. The van der Waals surface area contributed by atoms with E-state index >= 15 is 0 Å². The van der Waals surface area contributed by atoms with Gasteiger partial charge in [-0.25, -0.2) is 4.39 Å². The number of rotatable bonds is 6. The van der Waals surface area contributed by atoms with Gasteiger partial charge >= 0.3 is 0 Å². The third kappa shape index (κ3) is 4.42. The van der Waals surface area contributed by atoms with Crippen LogP contribution in [-0.4, -0.2) is 16.5 Å². The van der Waals surface area contributed by atoms with Crippen LogP contribution in [0.3, 0.4) is 0 Å². The van der Waals surface area contributed by atoms with Crippen LogP contribution in [0.25, 0.3) is 0 Å². The van der Waals surface area contributed by atoms with Crippen LogP contribution < -0.4 is 21.4 Å². The predicted octanol–water partition coefficient (Wildman–Crippen LogP) is 1.97. The molecule has 0 spiro atoms. The maximum Gasteiger partial charge on any atom is 0.295 e. The summed E-state index contributed by atoms with van der Waals surface area (Å²) in [6.07, 6.45) is 1.36. The highest BCUT2D eigenvalue weighted by Crippen LogP contribution is 2.10. The van der Waals surface area contributed by atoms with Crippen LogP contribution in [0.15, 0.2) is 71.7 Å². The summed E-state index contributed by atoms with van der Waals surface area (Å²) in [6.45, 7) is -0.0443. The molecule has 3 aromatic rings. The second kappa shape index (κ2) is 8.17. The van der Waals surface area contributed by atoms with Gasteiger partial charge in [0.15, 0.2) is 0 Å². The van der Waals surface area contributed by atoms with Gasteiger partial charge in [-0.05, 0) is 54.1 Å². The summed E-state index contributed by atoms with van der Waals surface area (Å²) in [5.74, 6) is -1.64. The summed E-state index contributed by atoms with van der Waals surface area (Å²) >= 11 is 0. The minimum absolute atomic E-state index is 0.0443. The third-order valence-corrected chi connectivity index (χ3v) is 3.85. The number of primary amides is 1. The summed E-state index contributed by atoms with van der Waals surface area (Å²) in [5.41, 5.74) is 5.60. The zero-order valence-electron chi connectivity index (χ0n) is 14.6. The number of hydrogen-bond donors (Lipinski definition) is 2. The molecule has 0 saturated heterocycles. The van der Waals surface area contributed by atoms with Gasteiger partial charge in [-0.1, -0.05) is 12.1 Å². The van der Waals surface area contributed by atoms with Crippen molar-refractivity contribution in [2.24, 2.45) is 5.73 Å². The molecule has 7 nitrogen and oxygen atoms in total. The lowest BCUT2D eigenvalue weighted by atomic mass is 10.2. The molecule has 0 aliphatic carbocycles. The lowest BCUT2D eigenvalue weighted by molar-refractivity contribution is 0.0862. The van der Waals surface area contributed by atoms with Gasteiger partial charge in [0.25, 0.3) is 11.5 Å². The first kappa shape index (κ1) is 18.8. The first-order valence-electron chi connectivity index (χ1n) is 8.24. The Bertz CT molecular complexity index is 1080. The number of amides is 2. The normalized spacial score (nSPS) is 10.3. The number of benzene rings is 2. The average molecular weight is 381 g/mol. The zero-order valence-corrected chi connectivity index (χ0v) is 14.6. The van der Waals surface area contributed by atoms with Crippen molar-refractivity contribution in [2.75, 3.05) is 5.32 Å². The molecular formula is C20H16FN3O4. The number of carbonyl (C=O) groups excluding carboxylic acids is 2. The Morgan fingerprint density at radius 2 is 1.82 bits per heavy atom. The molecular weight excluding hydrogens is 365 g/mol. The molecule has 1 aromatic heterocycles. The van der Waals surface area contributed by atoms with E-state index in [-0.39, 0.29) is 12.2 Å². The van der Waals surface area contributed by atoms with Gasteiger partial charge in [0, 0.05) is 17.4 Å². The Morgan fingerprint density at radius 1 is 1.07 bits per heavy atom. The van der Waals surface area contributed by atoms with E-state index < -0.39 is 23.2 Å². The summed E-state index contributed by atoms with van der Waals surface area (Å²) in [5, 5.41) is 2.56. The fourth-order valence-corrected chi connectivity index (χ4v) is 2.44. The molecule has 0 saturated carbocycles. The predicted molar refractivity (Wildman–Crippen MR) is 100 cm³/mol. The highest BCUT2D eigenvalue weighted by Gasteiger charge is 2.13. The molecule has 8 heteroatoms. The summed E-state index contributed by atoms with van der Waals surface area (Å²) < 4.78 is 14.1. The number of aromatic nitrogens is 1. The lowest BCUT2D eigenvalue weighted by Gasteiger charge is -2.10. The van der Waals surface area contributed by atoms with Gasteiger partial charge in [0.05, 0.1) is 0 Å². The van der Waals surface area contributed by atoms with E-state index in [1.54, 1.807) is 6.07 Å². The molecule has 3 rings (SSSR count). The van der Waals surface area contributed by atoms with E-state index in [0.717, 1.165) is 4.73 Å². The SMILES string of the molecule is NC(=O)c1ccc(NC(=O)c2cccn(OCc3cccc(F)c3)c2=O)cc1. The Kier molecular flexibility index (Phi) is 5.50.